The number of rotatable bonds is 19. The third-order valence-corrected chi connectivity index (χ3v) is 17.5. The summed E-state index contributed by atoms with van der Waals surface area (Å²) in [5, 5.41) is 104. The van der Waals surface area contributed by atoms with E-state index in [2.05, 4.69) is 52.7 Å². The van der Waals surface area contributed by atoms with Crippen LogP contribution in [-0.4, -0.2) is 222 Å². The van der Waals surface area contributed by atoms with Crippen LogP contribution in [0.4, 0.5) is 5.69 Å². The van der Waals surface area contributed by atoms with Crippen LogP contribution in [0, 0.1) is 11.8 Å². The third-order valence-electron chi connectivity index (χ3n) is 17.2. The molecular formula is C57H83N10NaO19S. The smallest absolute Gasteiger partial charge is 0.691 e. The molecule has 88 heavy (non-hydrogen) atoms. The molecule has 4 saturated heterocycles. The van der Waals surface area contributed by atoms with Gasteiger partial charge in [0.1, 0.15) is 36.3 Å². The second-order valence-electron chi connectivity index (χ2n) is 23.5. The van der Waals surface area contributed by atoms with Crippen LogP contribution in [0.1, 0.15) is 107 Å². The molecule has 0 spiro atoms. The molecule has 1 saturated carbocycles. The van der Waals surface area contributed by atoms with Crippen molar-refractivity contribution in [1.82, 2.24) is 41.3 Å². The average molecular weight is 1270 g/mol. The molecule has 5 aliphatic rings. The van der Waals surface area contributed by atoms with E-state index in [-0.39, 0.29) is 65.3 Å². The Morgan fingerprint density at radius 1 is 0.795 bits per heavy atom. The van der Waals surface area contributed by atoms with Gasteiger partial charge in [-0.15, -0.1) is 4.33 Å². The quantitative estimate of drug-likeness (QED) is 0.0205. The number of nitrogens with two attached hydrogens (primary N) is 1. The van der Waals surface area contributed by atoms with Crippen LogP contribution in [-0.2, 0) is 49.4 Å². The number of aliphatic hydroxyl groups is 6. The number of fused-ring (bicyclic) bond motifs is 2. The largest absolute Gasteiger partial charge is 1.00 e. The molecule has 7 rings (SSSR count). The van der Waals surface area contributed by atoms with Crippen LogP contribution in [0.3, 0.4) is 0 Å². The van der Waals surface area contributed by atoms with Crippen LogP contribution in [0.5, 0.6) is 11.5 Å². The van der Waals surface area contributed by atoms with E-state index in [4.69, 9.17) is 9.92 Å². The zero-order valence-corrected chi connectivity index (χ0v) is 52.8. The Kier molecular flexibility index (Phi) is 27.3. The number of phenolic OH excluding ortho intramolecular Hbond substituents is 1. The third kappa shape index (κ3) is 18.8. The molecule has 4 heterocycles. The van der Waals surface area contributed by atoms with Crippen LogP contribution < -0.4 is 76.2 Å². The SMILES string of the molecule is CCCCCC1CCC(N2CCN(c3ccc(C(=O)N[C@H]4CC(O)CNC(=O)C5C(O)C(C)CN5C(=O)C(C(O)CC(N)=O)NC(=O)C(C(O)Cc5ccc(O)c(OSOO[O-])c5)NC(=O)C5CC(O)CN5C(=O)C(C(C)O)NC4=O)cc3)CC2)CC1.[Na+]. The van der Waals surface area contributed by atoms with Gasteiger partial charge in [-0.05, 0) is 80.5 Å². The molecule has 0 aromatic heterocycles. The molecule has 4 aliphatic heterocycles. The van der Waals surface area contributed by atoms with Gasteiger partial charge in [-0.1, -0.05) is 45.6 Å². The number of aliphatic hydroxyl groups excluding tert-OH is 6. The summed E-state index contributed by atoms with van der Waals surface area (Å²) in [7, 11) is 0. The fraction of sp³-hybridized carbons (Fsp3) is 0.649. The molecule has 29 nitrogen and oxygen atoms in total. The number of primary amides is 1. The van der Waals surface area contributed by atoms with Crippen LogP contribution in [0.2, 0.25) is 0 Å². The molecular weight excluding hydrogens is 1180 g/mol. The number of unbranched alkanes of at least 4 members (excludes halogenated alkanes) is 2. The Morgan fingerprint density at radius 2 is 1.45 bits per heavy atom. The van der Waals surface area contributed by atoms with E-state index < -0.39 is 171 Å². The topological polar surface area (TPSA) is 428 Å². The van der Waals surface area contributed by atoms with Crippen molar-refractivity contribution in [3.05, 3.63) is 53.6 Å². The summed E-state index contributed by atoms with van der Waals surface area (Å²) in [5.41, 5.74) is 6.47. The van der Waals surface area contributed by atoms with Crippen LogP contribution in [0.25, 0.3) is 0 Å². The van der Waals surface area contributed by atoms with E-state index in [0.717, 1.165) is 66.6 Å². The molecule has 31 heteroatoms. The Labute approximate surface area is 536 Å². The number of piperazine rings is 1. The van der Waals surface area contributed by atoms with Crippen molar-refractivity contribution in [1.29, 1.82) is 0 Å². The number of aromatic hydroxyl groups is 1. The number of carbonyl (C=O) groups is 8. The predicted octanol–water partition coefficient (Wildman–Crippen LogP) is -6.35. The second-order valence-corrected chi connectivity index (χ2v) is 23.9. The standard InChI is InChI=1S/C57H84N10O19S.Na/c1-4-5-6-7-32-8-13-35(14-9-32)64-18-20-65(21-19-64)36-15-11-34(12-16-36)51(76)60-39-24-37(69)27-59-55(80)49-50(75)30(2)28-67(49)57(82)48(43(73)26-45(58)74)63-54(79)47(42(72)22-33-10-17-41(71)44(23-33)84-87-86-85-83)62-53(78)40-25-38(70)29-66(40)56(81)46(31(3)68)61-52(39)77;/h10-12,15-17,23,30-32,35,37-40,42-43,46-50,68-73,75,83H,4-9,13-14,18-22,24-29H2,1-3H3,(H2,58,74)(H,59,80)(H,60,76)(H,61,77)(H,62,78)(H,63,79);/q;+1/p-1/t30?,31?,32?,35?,37?,38?,39-,40?,42?,43?,46?,47?,48?,49?,50?;/m0./s1. The molecule has 2 aromatic carbocycles. The molecule has 1 aliphatic carbocycles. The van der Waals surface area contributed by atoms with Gasteiger partial charge in [0.05, 0.1) is 43.0 Å². The van der Waals surface area contributed by atoms with Gasteiger partial charge in [0.15, 0.2) is 11.5 Å². The molecule has 14 N–H and O–H groups in total. The van der Waals surface area contributed by atoms with Crippen molar-refractivity contribution in [3.63, 3.8) is 0 Å². The van der Waals surface area contributed by atoms with Crippen molar-refractivity contribution in [2.75, 3.05) is 50.7 Å². The monoisotopic (exact) mass is 1270 g/mol. The number of nitrogens with one attached hydrogen (secondary N) is 5. The Morgan fingerprint density at radius 3 is 2.10 bits per heavy atom. The number of β-amino-alcohol motifs (C(OH)–C–C–N with tert-alkyl or cyclic N) is 1. The van der Waals surface area contributed by atoms with E-state index in [1.165, 1.54) is 64.4 Å². The van der Waals surface area contributed by atoms with Crippen molar-refractivity contribution in [2.45, 2.75) is 177 Å². The van der Waals surface area contributed by atoms with Crippen molar-refractivity contribution < 1.29 is 122 Å². The minimum absolute atomic E-state index is 0. The fourth-order valence-electron chi connectivity index (χ4n) is 12.3. The minimum atomic E-state index is -2.20. The first-order valence-electron chi connectivity index (χ1n) is 29.7. The summed E-state index contributed by atoms with van der Waals surface area (Å²) >= 11 is 0.00348. The molecule has 482 valence electrons. The van der Waals surface area contributed by atoms with E-state index in [1.54, 1.807) is 24.3 Å². The number of amides is 8. The van der Waals surface area contributed by atoms with Crippen molar-refractivity contribution in [2.24, 2.45) is 17.6 Å². The first-order chi connectivity index (χ1) is 41.5. The summed E-state index contributed by atoms with van der Waals surface area (Å²) in [4.78, 5) is 120. The van der Waals surface area contributed by atoms with E-state index >= 15 is 0 Å². The fourth-order valence-corrected chi connectivity index (χ4v) is 12.6. The molecule has 0 radical (unpaired) electrons. The summed E-state index contributed by atoms with van der Waals surface area (Å²) < 4.78 is 9.16. The molecule has 2 aromatic rings. The van der Waals surface area contributed by atoms with Gasteiger partial charge in [-0.25, -0.2) is 0 Å². The zero-order valence-electron chi connectivity index (χ0n) is 49.9. The molecule has 0 bridgehead atoms. The second kappa shape index (κ2) is 33.6. The summed E-state index contributed by atoms with van der Waals surface area (Å²) in [5.74, 6) is -10.1. The predicted molar refractivity (Wildman–Crippen MR) is 307 cm³/mol. The molecule has 12 unspecified atom stereocenters. The van der Waals surface area contributed by atoms with Crippen molar-refractivity contribution >= 4 is 65.3 Å². The van der Waals surface area contributed by atoms with Gasteiger partial charge in [0.2, 0.25) is 41.4 Å². The van der Waals surface area contributed by atoms with Crippen molar-refractivity contribution in [3.8, 4) is 11.5 Å². The number of hydrogen-bond donors (Lipinski definition) is 13. The van der Waals surface area contributed by atoms with Gasteiger partial charge >= 0.3 is 29.6 Å². The Hall–Kier alpha value is -5.45. The van der Waals surface area contributed by atoms with Gasteiger partial charge in [-0.3, -0.25) is 48.3 Å². The Bertz CT molecular complexity index is 2710. The number of benzene rings is 2. The number of carbonyl (C=O) groups excluding carboxylic acids is 8. The molecule has 13 atom stereocenters. The number of nitrogens with zero attached hydrogens (tertiary/aromatic N) is 4. The maximum atomic E-state index is 14.7. The van der Waals surface area contributed by atoms with Gasteiger partial charge in [0.25, 0.3) is 18.2 Å². The number of phenols is 1. The number of anilines is 1. The zero-order chi connectivity index (χ0) is 63.2. The maximum Gasteiger partial charge on any atom is 1.00 e. The summed E-state index contributed by atoms with van der Waals surface area (Å²) in [6.07, 6.45) is -3.41. The average Bonchev–Trinajstić information content (AvgIpc) is 1.91. The van der Waals surface area contributed by atoms with Gasteiger partial charge in [-0.2, -0.15) is 0 Å². The van der Waals surface area contributed by atoms with Crippen LogP contribution >= 0.6 is 12.3 Å². The van der Waals surface area contributed by atoms with Gasteiger partial charge in [0, 0.05) is 88.3 Å². The molecule has 5 fully saturated rings. The first-order valence-corrected chi connectivity index (χ1v) is 30.3. The van der Waals surface area contributed by atoms with E-state index in [0.29, 0.717) is 6.04 Å². The van der Waals surface area contributed by atoms with Gasteiger partial charge < -0.3 is 92.2 Å². The van der Waals surface area contributed by atoms with E-state index in [9.17, 15) is 79.4 Å². The van der Waals surface area contributed by atoms with E-state index in [1.807, 2.05) is 0 Å². The normalized spacial score (nSPS) is 29.2. The summed E-state index contributed by atoms with van der Waals surface area (Å²) in [6.45, 7) is 6.52. The Balaban J connectivity index is 0.0000124. The maximum absolute atomic E-state index is 14.7. The first kappa shape index (κ1) is 71.6. The van der Waals surface area contributed by atoms with Crippen LogP contribution in [0.15, 0.2) is 42.5 Å². The number of hydrogen-bond acceptors (Lipinski definition) is 22. The minimum Gasteiger partial charge on any atom is -0.691 e. The molecule has 8 amide bonds. The summed E-state index contributed by atoms with van der Waals surface area (Å²) in [6, 6.07) is -0.784.